The number of nitrogens with zero attached hydrogens (tertiary/aromatic N) is 3. The van der Waals surface area contributed by atoms with Crippen LogP contribution in [0.3, 0.4) is 0 Å². The summed E-state index contributed by atoms with van der Waals surface area (Å²) in [6.07, 6.45) is -3.37. The van der Waals surface area contributed by atoms with Gasteiger partial charge < -0.3 is 14.4 Å². The van der Waals surface area contributed by atoms with E-state index < -0.39 is 11.9 Å². The van der Waals surface area contributed by atoms with Gasteiger partial charge >= 0.3 is 6.18 Å². The molecule has 1 fully saturated rings. The first kappa shape index (κ1) is 18.1. The number of benzene rings is 1. The summed E-state index contributed by atoms with van der Waals surface area (Å²) in [6, 6.07) is 6.27. The number of rotatable bonds is 3. The topological polar surface area (TPSA) is 50.5 Å². The number of hydrogen-bond acceptors (Lipinski definition) is 4. The zero-order chi connectivity index (χ0) is 19.2. The highest BCUT2D eigenvalue weighted by molar-refractivity contribution is 6.09. The van der Waals surface area contributed by atoms with Gasteiger partial charge in [-0.05, 0) is 25.1 Å². The van der Waals surface area contributed by atoms with E-state index in [1.807, 2.05) is 6.92 Å². The largest absolute Gasteiger partial charge is 0.508 e. The smallest absolute Gasteiger partial charge is 0.435 e. The van der Waals surface area contributed by atoms with E-state index in [2.05, 4.69) is 9.88 Å². The van der Waals surface area contributed by atoms with Gasteiger partial charge in [-0.15, -0.1) is 0 Å². The van der Waals surface area contributed by atoms with Crippen LogP contribution in [0.15, 0.2) is 30.5 Å². The fourth-order valence-electron chi connectivity index (χ4n) is 3.83. The monoisotopic (exact) mass is 379 g/mol. The lowest BCUT2D eigenvalue weighted by Crippen LogP contribution is -2.43. The predicted octanol–water partition coefficient (Wildman–Crippen LogP) is 3.63. The third-order valence-electron chi connectivity index (χ3n) is 5.14. The highest BCUT2D eigenvalue weighted by Gasteiger charge is 2.36. The molecule has 1 saturated heterocycles. The van der Waals surface area contributed by atoms with Gasteiger partial charge in [0.2, 0.25) is 0 Å². The van der Waals surface area contributed by atoms with Crippen LogP contribution in [0.2, 0.25) is 0 Å². The van der Waals surface area contributed by atoms with Crippen molar-refractivity contribution in [1.82, 2.24) is 14.5 Å². The Kier molecular flexibility index (Phi) is 4.47. The molecule has 1 N–H and O–H groups in total. The Hall–Kier alpha value is -2.32. The summed E-state index contributed by atoms with van der Waals surface area (Å²) in [6.45, 7) is 5.08. The Labute approximate surface area is 154 Å². The second-order valence-electron chi connectivity index (χ2n) is 6.86. The third-order valence-corrected chi connectivity index (χ3v) is 5.14. The van der Waals surface area contributed by atoms with Crippen LogP contribution in [0.1, 0.15) is 12.6 Å². The van der Waals surface area contributed by atoms with E-state index in [1.54, 1.807) is 16.7 Å². The summed E-state index contributed by atoms with van der Waals surface area (Å²) in [5.41, 5.74) is -0.265. The van der Waals surface area contributed by atoms with Crippen LogP contribution < -0.4 is 0 Å². The molecule has 3 aromatic rings. The molecule has 3 heterocycles. The first-order valence-electron chi connectivity index (χ1n) is 8.85. The van der Waals surface area contributed by atoms with Crippen LogP contribution in [0.4, 0.5) is 13.2 Å². The number of aromatic nitrogens is 2. The Balaban J connectivity index is 1.91. The van der Waals surface area contributed by atoms with E-state index in [1.165, 1.54) is 18.3 Å². The number of pyridine rings is 1. The molecule has 1 aliphatic heterocycles. The minimum absolute atomic E-state index is 0.0105. The number of phenolic OH excluding ortho intramolecular Hbond substituents is 1. The highest BCUT2D eigenvalue weighted by Crippen LogP contribution is 2.38. The van der Waals surface area contributed by atoms with Gasteiger partial charge in [-0.1, -0.05) is 0 Å². The van der Waals surface area contributed by atoms with Crippen molar-refractivity contribution in [2.45, 2.75) is 25.7 Å². The molecule has 144 valence electrons. The molecule has 4 rings (SSSR count). The molecular weight excluding hydrogens is 359 g/mol. The summed E-state index contributed by atoms with van der Waals surface area (Å²) in [7, 11) is 0. The van der Waals surface area contributed by atoms with Gasteiger partial charge in [0.15, 0.2) is 5.69 Å². The first-order chi connectivity index (χ1) is 12.9. The third kappa shape index (κ3) is 3.23. The molecule has 0 bridgehead atoms. The number of alkyl halides is 3. The molecule has 0 saturated carbocycles. The summed E-state index contributed by atoms with van der Waals surface area (Å²) >= 11 is 0. The van der Waals surface area contributed by atoms with Gasteiger partial charge in [0.05, 0.1) is 24.2 Å². The number of morpholine rings is 1. The van der Waals surface area contributed by atoms with Crippen LogP contribution in [-0.4, -0.2) is 51.9 Å². The Morgan fingerprint density at radius 2 is 1.93 bits per heavy atom. The van der Waals surface area contributed by atoms with Crippen molar-refractivity contribution < 1.29 is 23.0 Å². The Morgan fingerprint density at radius 3 is 2.63 bits per heavy atom. The van der Waals surface area contributed by atoms with Gasteiger partial charge in [0.1, 0.15) is 5.75 Å². The molecule has 0 amide bonds. The Morgan fingerprint density at radius 1 is 1.19 bits per heavy atom. The number of ether oxygens (including phenoxy) is 1. The van der Waals surface area contributed by atoms with E-state index in [0.717, 1.165) is 13.1 Å². The lowest BCUT2D eigenvalue weighted by atomic mass is 10.1. The van der Waals surface area contributed by atoms with E-state index in [0.29, 0.717) is 36.0 Å². The van der Waals surface area contributed by atoms with Gasteiger partial charge in [-0.2, -0.15) is 13.2 Å². The summed E-state index contributed by atoms with van der Waals surface area (Å²) < 4.78 is 47.9. The zero-order valence-electron chi connectivity index (χ0n) is 14.8. The maximum absolute atomic E-state index is 13.6. The molecule has 5 nitrogen and oxygen atoms in total. The second-order valence-corrected chi connectivity index (χ2v) is 6.86. The van der Waals surface area contributed by atoms with Crippen LogP contribution in [-0.2, 0) is 17.5 Å². The summed E-state index contributed by atoms with van der Waals surface area (Å²) in [4.78, 5) is 5.84. The van der Waals surface area contributed by atoms with Crippen molar-refractivity contribution in [3.8, 4) is 5.75 Å². The fourth-order valence-corrected chi connectivity index (χ4v) is 3.83. The number of aromatic hydroxyl groups is 1. The summed E-state index contributed by atoms with van der Waals surface area (Å²) in [5, 5.41) is 11.1. The zero-order valence-corrected chi connectivity index (χ0v) is 14.8. The average Bonchev–Trinajstić information content (AvgIpc) is 2.94. The molecule has 1 atom stereocenters. The molecule has 27 heavy (non-hydrogen) atoms. The highest BCUT2D eigenvalue weighted by atomic mass is 19.4. The van der Waals surface area contributed by atoms with E-state index in [-0.39, 0.29) is 17.3 Å². The van der Waals surface area contributed by atoms with E-state index >= 15 is 0 Å². The molecule has 0 aliphatic carbocycles. The number of hydrogen-bond donors (Lipinski definition) is 1. The molecule has 0 spiro atoms. The molecule has 0 radical (unpaired) electrons. The van der Waals surface area contributed by atoms with Crippen molar-refractivity contribution in [2.75, 3.05) is 26.3 Å². The lowest BCUT2D eigenvalue weighted by molar-refractivity contribution is -0.140. The number of halogens is 3. The second kappa shape index (κ2) is 6.69. The minimum Gasteiger partial charge on any atom is -0.508 e. The van der Waals surface area contributed by atoms with Crippen LogP contribution in [0.25, 0.3) is 21.8 Å². The lowest BCUT2D eigenvalue weighted by Gasteiger charge is -2.32. The SMILES string of the molecule is C[C@@H](Cn1c2cc(O)ccc2c2ccnc(C(F)(F)F)c21)N1CCOCC1. The average molecular weight is 379 g/mol. The van der Waals surface area contributed by atoms with Gasteiger partial charge in [-0.3, -0.25) is 4.90 Å². The van der Waals surface area contributed by atoms with Crippen molar-refractivity contribution in [3.05, 3.63) is 36.2 Å². The quantitative estimate of drug-likeness (QED) is 0.755. The van der Waals surface area contributed by atoms with E-state index in [4.69, 9.17) is 4.74 Å². The van der Waals surface area contributed by atoms with Crippen LogP contribution >= 0.6 is 0 Å². The van der Waals surface area contributed by atoms with Gasteiger partial charge in [0, 0.05) is 48.7 Å². The van der Waals surface area contributed by atoms with Crippen molar-refractivity contribution in [1.29, 1.82) is 0 Å². The van der Waals surface area contributed by atoms with Crippen LogP contribution in [0, 0.1) is 0 Å². The van der Waals surface area contributed by atoms with Crippen molar-refractivity contribution in [3.63, 3.8) is 0 Å². The maximum Gasteiger partial charge on any atom is 0.435 e. The fraction of sp³-hybridized carbons (Fsp3) is 0.421. The molecule has 2 aromatic heterocycles. The number of phenols is 1. The molecule has 1 aromatic carbocycles. The van der Waals surface area contributed by atoms with Gasteiger partial charge in [0.25, 0.3) is 0 Å². The van der Waals surface area contributed by atoms with Crippen molar-refractivity contribution >= 4 is 21.8 Å². The van der Waals surface area contributed by atoms with Crippen LogP contribution in [0.5, 0.6) is 5.75 Å². The molecular formula is C19H20F3N3O2. The maximum atomic E-state index is 13.6. The predicted molar refractivity (Wildman–Crippen MR) is 95.8 cm³/mol. The molecule has 0 unspecified atom stereocenters. The Bertz CT molecular complexity index is 978. The van der Waals surface area contributed by atoms with Gasteiger partial charge in [-0.25, -0.2) is 4.98 Å². The normalized spacial score (nSPS) is 17.6. The first-order valence-corrected chi connectivity index (χ1v) is 8.85. The molecule has 8 heteroatoms. The standard InChI is InChI=1S/C19H20F3N3O2/c1-12(24-6-8-27-9-7-24)11-25-16-10-13(26)2-3-14(16)15-4-5-23-18(17(15)25)19(20,21)22/h2-5,10,12,26H,6-9,11H2,1H3/t12-/m0/s1. The molecule has 1 aliphatic rings. The minimum atomic E-state index is -4.56. The number of fused-ring (bicyclic) bond motifs is 3. The summed E-state index contributed by atoms with van der Waals surface area (Å²) in [5.74, 6) is 0.0205. The van der Waals surface area contributed by atoms with E-state index in [9.17, 15) is 18.3 Å². The van der Waals surface area contributed by atoms with Crippen molar-refractivity contribution in [2.24, 2.45) is 0 Å².